The minimum atomic E-state index is -0.313. The molecule has 1 aliphatic rings. The third-order valence-electron chi connectivity index (χ3n) is 2.34. The van der Waals surface area contributed by atoms with E-state index in [4.69, 9.17) is 0 Å². The third kappa shape index (κ3) is 3.32. The predicted octanol–water partition coefficient (Wildman–Crippen LogP) is -0.421. The summed E-state index contributed by atoms with van der Waals surface area (Å²) in [7, 11) is 1.83. The van der Waals surface area contributed by atoms with Crippen LogP contribution in [-0.2, 0) is 4.79 Å². The SMILES string of the molecule is CNCCC(=O)N1CCC[C@H](O)C1. The van der Waals surface area contributed by atoms with E-state index in [1.54, 1.807) is 4.90 Å². The largest absolute Gasteiger partial charge is 0.391 e. The van der Waals surface area contributed by atoms with Gasteiger partial charge >= 0.3 is 0 Å². The molecule has 1 fully saturated rings. The molecule has 76 valence electrons. The summed E-state index contributed by atoms with van der Waals surface area (Å²) in [5.41, 5.74) is 0. The molecule has 0 spiro atoms. The zero-order valence-corrected chi connectivity index (χ0v) is 8.12. The number of hydrogen-bond donors (Lipinski definition) is 2. The molecule has 1 aliphatic heterocycles. The van der Waals surface area contributed by atoms with Crippen LogP contribution >= 0.6 is 0 Å². The monoisotopic (exact) mass is 186 g/mol. The van der Waals surface area contributed by atoms with Gasteiger partial charge < -0.3 is 15.3 Å². The lowest BCUT2D eigenvalue weighted by Gasteiger charge is -2.30. The van der Waals surface area contributed by atoms with E-state index in [9.17, 15) is 9.90 Å². The Balaban J connectivity index is 2.28. The van der Waals surface area contributed by atoms with Gasteiger partial charge in [0, 0.05) is 26.1 Å². The number of nitrogens with one attached hydrogen (secondary N) is 1. The first-order valence-electron chi connectivity index (χ1n) is 4.84. The molecular weight excluding hydrogens is 168 g/mol. The van der Waals surface area contributed by atoms with Crippen LogP contribution in [0.15, 0.2) is 0 Å². The summed E-state index contributed by atoms with van der Waals surface area (Å²) in [4.78, 5) is 13.2. The van der Waals surface area contributed by atoms with E-state index in [2.05, 4.69) is 5.32 Å². The number of nitrogens with zero attached hydrogens (tertiary/aromatic N) is 1. The number of hydrogen-bond acceptors (Lipinski definition) is 3. The summed E-state index contributed by atoms with van der Waals surface area (Å²) in [6.45, 7) is 2.04. The first kappa shape index (κ1) is 10.5. The second-order valence-electron chi connectivity index (χ2n) is 3.49. The van der Waals surface area contributed by atoms with Crippen molar-refractivity contribution >= 4 is 5.91 Å². The number of rotatable bonds is 3. The summed E-state index contributed by atoms with van der Waals surface area (Å²) < 4.78 is 0. The van der Waals surface area contributed by atoms with Gasteiger partial charge in [-0.05, 0) is 19.9 Å². The number of likely N-dealkylation sites (tertiary alicyclic amines) is 1. The van der Waals surface area contributed by atoms with Crippen LogP contribution in [-0.4, -0.2) is 48.7 Å². The standard InChI is InChI=1S/C9H18N2O2/c1-10-5-4-9(13)11-6-2-3-8(12)7-11/h8,10,12H,2-7H2,1H3/t8-/m0/s1. The fraction of sp³-hybridized carbons (Fsp3) is 0.889. The molecule has 1 saturated heterocycles. The average Bonchev–Trinajstić information content (AvgIpc) is 2.14. The maximum atomic E-state index is 11.5. The van der Waals surface area contributed by atoms with Crippen LogP contribution in [0, 0.1) is 0 Å². The first-order chi connectivity index (χ1) is 6.24. The number of aliphatic hydroxyl groups excluding tert-OH is 1. The third-order valence-corrected chi connectivity index (χ3v) is 2.34. The Hall–Kier alpha value is -0.610. The Labute approximate surface area is 78.9 Å². The van der Waals surface area contributed by atoms with Crippen molar-refractivity contribution in [3.05, 3.63) is 0 Å². The molecule has 1 heterocycles. The van der Waals surface area contributed by atoms with Crippen molar-refractivity contribution in [3.63, 3.8) is 0 Å². The molecule has 0 bridgehead atoms. The maximum Gasteiger partial charge on any atom is 0.223 e. The van der Waals surface area contributed by atoms with Gasteiger partial charge in [0.05, 0.1) is 6.10 Å². The maximum absolute atomic E-state index is 11.5. The molecule has 0 aliphatic carbocycles. The van der Waals surface area contributed by atoms with Crippen LogP contribution in [0.25, 0.3) is 0 Å². The summed E-state index contributed by atoms with van der Waals surface area (Å²) in [6, 6.07) is 0. The van der Waals surface area contributed by atoms with Crippen molar-refractivity contribution in [1.29, 1.82) is 0 Å². The van der Waals surface area contributed by atoms with Crippen LogP contribution in [0.2, 0.25) is 0 Å². The van der Waals surface area contributed by atoms with Gasteiger partial charge in [0.2, 0.25) is 5.91 Å². The number of piperidine rings is 1. The lowest BCUT2D eigenvalue weighted by atomic mass is 10.1. The molecule has 2 N–H and O–H groups in total. The minimum Gasteiger partial charge on any atom is -0.391 e. The Kier molecular flexibility index (Phi) is 4.18. The van der Waals surface area contributed by atoms with Crippen LogP contribution in [0.4, 0.5) is 0 Å². The Morgan fingerprint density at radius 1 is 1.69 bits per heavy atom. The van der Waals surface area contributed by atoms with Crippen molar-refractivity contribution in [2.45, 2.75) is 25.4 Å². The lowest BCUT2D eigenvalue weighted by molar-refractivity contribution is -0.134. The zero-order chi connectivity index (χ0) is 9.68. The Morgan fingerprint density at radius 2 is 2.46 bits per heavy atom. The van der Waals surface area contributed by atoms with Crippen molar-refractivity contribution in [1.82, 2.24) is 10.2 Å². The number of amides is 1. The van der Waals surface area contributed by atoms with E-state index in [0.29, 0.717) is 19.5 Å². The van der Waals surface area contributed by atoms with E-state index in [1.807, 2.05) is 7.05 Å². The molecule has 4 heteroatoms. The highest BCUT2D eigenvalue weighted by Crippen LogP contribution is 2.10. The molecule has 0 saturated carbocycles. The highest BCUT2D eigenvalue weighted by Gasteiger charge is 2.20. The van der Waals surface area contributed by atoms with Crippen molar-refractivity contribution in [2.24, 2.45) is 0 Å². The number of carbonyl (C=O) groups excluding carboxylic acids is 1. The van der Waals surface area contributed by atoms with E-state index >= 15 is 0 Å². The molecule has 1 rings (SSSR count). The second kappa shape index (κ2) is 5.19. The highest BCUT2D eigenvalue weighted by atomic mass is 16.3. The summed E-state index contributed by atoms with van der Waals surface area (Å²) in [5, 5.41) is 12.3. The number of aliphatic hydroxyl groups is 1. The summed E-state index contributed by atoms with van der Waals surface area (Å²) >= 11 is 0. The van der Waals surface area contributed by atoms with E-state index in [0.717, 1.165) is 19.4 Å². The molecule has 0 aromatic carbocycles. The average molecular weight is 186 g/mol. The van der Waals surface area contributed by atoms with Gasteiger partial charge in [-0.3, -0.25) is 4.79 Å². The Bertz CT molecular complexity index is 173. The normalized spacial score (nSPS) is 23.2. The topological polar surface area (TPSA) is 52.6 Å². The second-order valence-corrected chi connectivity index (χ2v) is 3.49. The van der Waals surface area contributed by atoms with Gasteiger partial charge in [-0.25, -0.2) is 0 Å². The van der Waals surface area contributed by atoms with Gasteiger partial charge in [-0.2, -0.15) is 0 Å². The van der Waals surface area contributed by atoms with E-state index < -0.39 is 0 Å². The molecule has 0 aromatic rings. The van der Waals surface area contributed by atoms with E-state index in [1.165, 1.54) is 0 Å². The lowest BCUT2D eigenvalue weighted by Crippen LogP contribution is -2.42. The highest BCUT2D eigenvalue weighted by molar-refractivity contribution is 5.76. The van der Waals surface area contributed by atoms with Gasteiger partial charge in [-0.15, -0.1) is 0 Å². The molecule has 0 unspecified atom stereocenters. The molecule has 0 aromatic heterocycles. The molecule has 1 atom stereocenters. The fourth-order valence-corrected chi connectivity index (χ4v) is 1.57. The van der Waals surface area contributed by atoms with Crippen LogP contribution in [0.5, 0.6) is 0 Å². The van der Waals surface area contributed by atoms with Crippen molar-refractivity contribution in [2.75, 3.05) is 26.7 Å². The molecule has 1 amide bonds. The predicted molar refractivity (Wildman–Crippen MR) is 50.4 cm³/mol. The van der Waals surface area contributed by atoms with Crippen molar-refractivity contribution in [3.8, 4) is 0 Å². The summed E-state index contributed by atoms with van der Waals surface area (Å²) in [6.07, 6.45) is 1.97. The Morgan fingerprint density at radius 3 is 3.08 bits per heavy atom. The van der Waals surface area contributed by atoms with Crippen LogP contribution < -0.4 is 5.32 Å². The van der Waals surface area contributed by atoms with Gasteiger partial charge in [0.1, 0.15) is 0 Å². The van der Waals surface area contributed by atoms with Crippen LogP contribution in [0.1, 0.15) is 19.3 Å². The quantitative estimate of drug-likeness (QED) is 0.629. The van der Waals surface area contributed by atoms with Gasteiger partial charge in [0.25, 0.3) is 0 Å². The molecular formula is C9H18N2O2. The van der Waals surface area contributed by atoms with Gasteiger partial charge in [0.15, 0.2) is 0 Å². The minimum absolute atomic E-state index is 0.146. The summed E-state index contributed by atoms with van der Waals surface area (Å²) in [5.74, 6) is 0.146. The number of carbonyl (C=O) groups is 1. The zero-order valence-electron chi connectivity index (χ0n) is 8.12. The van der Waals surface area contributed by atoms with E-state index in [-0.39, 0.29) is 12.0 Å². The molecule has 13 heavy (non-hydrogen) atoms. The molecule has 0 radical (unpaired) electrons. The smallest absolute Gasteiger partial charge is 0.223 e. The fourth-order valence-electron chi connectivity index (χ4n) is 1.57. The van der Waals surface area contributed by atoms with Crippen molar-refractivity contribution < 1.29 is 9.90 Å². The van der Waals surface area contributed by atoms with Gasteiger partial charge in [-0.1, -0.05) is 0 Å². The number of β-amino-alcohol motifs (C(OH)–C–C–N with tert-alkyl or cyclic N) is 1. The molecule has 4 nitrogen and oxygen atoms in total. The first-order valence-corrected chi connectivity index (χ1v) is 4.84. The van der Waals surface area contributed by atoms with Crippen LogP contribution in [0.3, 0.4) is 0 Å².